The lowest BCUT2D eigenvalue weighted by Gasteiger charge is -2.11. The molecular weight excluding hydrogens is 228 g/mol. The van der Waals surface area contributed by atoms with Gasteiger partial charge < -0.3 is 0 Å². The molecule has 1 fully saturated rings. The first-order valence-corrected chi connectivity index (χ1v) is 6.49. The summed E-state index contributed by atoms with van der Waals surface area (Å²) in [6.07, 6.45) is 2.61. The van der Waals surface area contributed by atoms with Crippen molar-refractivity contribution in [2.75, 3.05) is 0 Å². The third kappa shape index (κ3) is 2.10. The van der Waals surface area contributed by atoms with Gasteiger partial charge >= 0.3 is 0 Å². The molecule has 2 aromatic rings. The summed E-state index contributed by atoms with van der Waals surface area (Å²) in [5, 5.41) is 0.875. The van der Waals surface area contributed by atoms with Gasteiger partial charge in [0.15, 0.2) is 0 Å². The monoisotopic (exact) mass is 242 g/mol. The summed E-state index contributed by atoms with van der Waals surface area (Å²) in [7, 11) is 0. The fourth-order valence-corrected chi connectivity index (χ4v) is 2.67. The Morgan fingerprint density at radius 3 is 2.53 bits per heavy atom. The Labute approximate surface area is 107 Å². The summed E-state index contributed by atoms with van der Waals surface area (Å²) in [6.45, 7) is 2.12. The second-order valence-corrected chi connectivity index (χ2v) is 5.26. The molecule has 0 radical (unpaired) electrons. The smallest absolute Gasteiger partial charge is 0.0487 e. The quantitative estimate of drug-likeness (QED) is 0.680. The zero-order valence-corrected chi connectivity index (χ0v) is 10.7. The van der Waals surface area contributed by atoms with Crippen LogP contribution in [0, 0.1) is 6.92 Å². The van der Waals surface area contributed by atoms with Gasteiger partial charge in [0, 0.05) is 10.6 Å². The number of aryl methyl sites for hydroxylation is 1. The molecule has 0 aliphatic heterocycles. The van der Waals surface area contributed by atoms with Crippen LogP contribution in [0.25, 0.3) is 11.1 Å². The van der Waals surface area contributed by atoms with Crippen molar-refractivity contribution in [2.24, 2.45) is 0 Å². The zero-order chi connectivity index (χ0) is 11.8. The van der Waals surface area contributed by atoms with Gasteiger partial charge in [-0.15, -0.1) is 0 Å². The molecule has 1 heteroatoms. The molecule has 0 N–H and O–H groups in total. The van der Waals surface area contributed by atoms with Crippen molar-refractivity contribution < 1.29 is 0 Å². The van der Waals surface area contributed by atoms with E-state index in [4.69, 9.17) is 11.6 Å². The molecule has 0 aromatic heterocycles. The van der Waals surface area contributed by atoms with E-state index in [2.05, 4.69) is 43.3 Å². The van der Waals surface area contributed by atoms with Crippen LogP contribution in [0.4, 0.5) is 0 Å². The first kappa shape index (κ1) is 10.9. The van der Waals surface area contributed by atoms with Crippen molar-refractivity contribution in [3.8, 4) is 11.1 Å². The number of halogens is 1. The predicted octanol–water partition coefficient (Wildman–Crippen LogP) is 5.19. The zero-order valence-electron chi connectivity index (χ0n) is 9.91. The largest absolute Gasteiger partial charge is 0.0837 e. The number of hydrogen-bond acceptors (Lipinski definition) is 0. The van der Waals surface area contributed by atoms with Crippen LogP contribution in [0.3, 0.4) is 0 Å². The third-order valence-electron chi connectivity index (χ3n) is 3.37. The number of rotatable bonds is 2. The fourth-order valence-electron chi connectivity index (χ4n) is 2.38. The lowest BCUT2D eigenvalue weighted by molar-refractivity contribution is 1.13. The van der Waals surface area contributed by atoms with Crippen molar-refractivity contribution in [3.05, 3.63) is 58.6 Å². The molecule has 0 heterocycles. The average Bonchev–Trinajstić information content (AvgIpc) is 3.12. The van der Waals surface area contributed by atoms with Crippen molar-refractivity contribution in [1.82, 2.24) is 0 Å². The lowest BCUT2D eigenvalue weighted by Crippen LogP contribution is -1.89. The summed E-state index contributed by atoms with van der Waals surface area (Å²) in [5.74, 6) is 0.726. The van der Waals surface area contributed by atoms with E-state index in [1.165, 1.54) is 35.1 Å². The third-order valence-corrected chi connectivity index (χ3v) is 3.68. The van der Waals surface area contributed by atoms with E-state index >= 15 is 0 Å². The first-order chi connectivity index (χ1) is 8.25. The van der Waals surface area contributed by atoms with Gasteiger partial charge in [-0.05, 0) is 42.9 Å². The Morgan fingerprint density at radius 2 is 1.82 bits per heavy atom. The molecule has 1 aliphatic rings. The Bertz CT molecular complexity index is 553. The van der Waals surface area contributed by atoms with Gasteiger partial charge in [-0.3, -0.25) is 0 Å². The second kappa shape index (κ2) is 4.19. The highest BCUT2D eigenvalue weighted by atomic mass is 35.5. The Morgan fingerprint density at radius 1 is 1.06 bits per heavy atom. The van der Waals surface area contributed by atoms with Crippen molar-refractivity contribution >= 4 is 11.6 Å². The molecule has 1 aliphatic carbocycles. The van der Waals surface area contributed by atoms with E-state index in [0.717, 1.165) is 10.9 Å². The van der Waals surface area contributed by atoms with Gasteiger partial charge in [0.05, 0.1) is 0 Å². The van der Waals surface area contributed by atoms with Crippen LogP contribution in [0.2, 0.25) is 5.02 Å². The van der Waals surface area contributed by atoms with Crippen LogP contribution in [0.5, 0.6) is 0 Å². The van der Waals surface area contributed by atoms with Gasteiger partial charge in [-0.25, -0.2) is 0 Å². The molecule has 17 heavy (non-hydrogen) atoms. The summed E-state index contributed by atoms with van der Waals surface area (Å²) >= 11 is 6.39. The van der Waals surface area contributed by atoms with Crippen LogP contribution >= 0.6 is 11.6 Å². The van der Waals surface area contributed by atoms with E-state index in [1.54, 1.807) is 0 Å². The molecule has 0 amide bonds. The highest BCUT2D eigenvalue weighted by Crippen LogP contribution is 2.46. The summed E-state index contributed by atoms with van der Waals surface area (Å²) < 4.78 is 0. The maximum atomic E-state index is 6.39. The van der Waals surface area contributed by atoms with E-state index in [-0.39, 0.29) is 0 Å². The van der Waals surface area contributed by atoms with Crippen LogP contribution in [0.1, 0.15) is 29.9 Å². The minimum atomic E-state index is 0.726. The van der Waals surface area contributed by atoms with E-state index in [1.807, 2.05) is 6.07 Å². The maximum Gasteiger partial charge on any atom is 0.0487 e. The van der Waals surface area contributed by atoms with Gasteiger partial charge in [0.2, 0.25) is 0 Å². The predicted molar refractivity (Wildman–Crippen MR) is 73.6 cm³/mol. The van der Waals surface area contributed by atoms with Crippen molar-refractivity contribution in [2.45, 2.75) is 25.7 Å². The van der Waals surface area contributed by atoms with Crippen molar-refractivity contribution in [1.29, 1.82) is 0 Å². The molecule has 0 atom stereocenters. The molecule has 0 bridgehead atoms. The Hall–Kier alpha value is -1.27. The lowest BCUT2D eigenvalue weighted by atomic mass is 9.96. The van der Waals surface area contributed by atoms with Gasteiger partial charge in [0.25, 0.3) is 0 Å². The first-order valence-electron chi connectivity index (χ1n) is 6.11. The minimum absolute atomic E-state index is 0.726. The molecule has 0 nitrogen and oxygen atoms in total. The Balaban J connectivity index is 2.18. The standard InChI is InChI=1S/C16H15Cl/c1-11-4-2-5-13(10-11)16-14(12-8-9-12)6-3-7-15(16)17/h2-7,10,12H,8-9H2,1H3. The maximum absolute atomic E-state index is 6.39. The molecule has 3 rings (SSSR count). The van der Waals surface area contributed by atoms with Crippen molar-refractivity contribution in [3.63, 3.8) is 0 Å². The summed E-state index contributed by atoms with van der Waals surface area (Å²) in [5.41, 5.74) is 5.19. The number of benzene rings is 2. The topological polar surface area (TPSA) is 0 Å². The van der Waals surface area contributed by atoms with Crippen LogP contribution in [0.15, 0.2) is 42.5 Å². The molecule has 0 unspecified atom stereocenters. The van der Waals surface area contributed by atoms with Crippen LogP contribution in [-0.2, 0) is 0 Å². The molecular formula is C16H15Cl. The molecule has 1 saturated carbocycles. The average molecular weight is 243 g/mol. The van der Waals surface area contributed by atoms with Gasteiger partial charge in [0.1, 0.15) is 0 Å². The van der Waals surface area contributed by atoms with Crippen LogP contribution in [-0.4, -0.2) is 0 Å². The molecule has 0 saturated heterocycles. The van der Waals surface area contributed by atoms with Crippen LogP contribution < -0.4 is 0 Å². The SMILES string of the molecule is Cc1cccc(-c2c(Cl)cccc2C2CC2)c1. The Kier molecular flexibility index (Phi) is 2.68. The van der Waals surface area contributed by atoms with E-state index in [9.17, 15) is 0 Å². The molecule has 0 spiro atoms. The van der Waals surface area contributed by atoms with E-state index in [0.29, 0.717) is 0 Å². The fraction of sp³-hybridized carbons (Fsp3) is 0.250. The highest BCUT2D eigenvalue weighted by Gasteiger charge is 2.27. The normalized spacial score (nSPS) is 14.9. The minimum Gasteiger partial charge on any atom is -0.0837 e. The highest BCUT2D eigenvalue weighted by molar-refractivity contribution is 6.33. The summed E-state index contributed by atoms with van der Waals surface area (Å²) in [6, 6.07) is 14.9. The van der Waals surface area contributed by atoms with E-state index < -0.39 is 0 Å². The van der Waals surface area contributed by atoms with Gasteiger partial charge in [-0.2, -0.15) is 0 Å². The van der Waals surface area contributed by atoms with Gasteiger partial charge in [-0.1, -0.05) is 53.6 Å². The second-order valence-electron chi connectivity index (χ2n) is 4.85. The molecule has 86 valence electrons. The molecule has 2 aromatic carbocycles. The number of hydrogen-bond donors (Lipinski definition) is 0. The summed E-state index contributed by atoms with van der Waals surface area (Å²) in [4.78, 5) is 0.